The SMILES string of the molecule is Cc1cccc(CN2CCCCCNC(=O)CC2c2ccccc2)c1. The van der Waals surface area contributed by atoms with E-state index in [1.165, 1.54) is 23.1 Å². The number of nitrogens with zero attached hydrogens (tertiary/aromatic N) is 1. The fourth-order valence-corrected chi connectivity index (χ4v) is 3.62. The van der Waals surface area contributed by atoms with Gasteiger partial charge in [-0.25, -0.2) is 0 Å². The number of carbonyl (C=O) groups is 1. The van der Waals surface area contributed by atoms with E-state index in [0.717, 1.165) is 32.5 Å². The van der Waals surface area contributed by atoms with Crippen molar-refractivity contribution in [1.82, 2.24) is 10.2 Å². The number of benzene rings is 2. The highest BCUT2D eigenvalue weighted by molar-refractivity contribution is 5.76. The van der Waals surface area contributed by atoms with Crippen molar-refractivity contribution in [2.24, 2.45) is 0 Å². The Hall–Kier alpha value is -2.13. The monoisotopic (exact) mass is 336 g/mol. The lowest BCUT2D eigenvalue weighted by atomic mass is 9.99. The minimum atomic E-state index is 0.125. The molecule has 0 radical (unpaired) electrons. The van der Waals surface area contributed by atoms with Crippen LogP contribution in [0.3, 0.4) is 0 Å². The molecule has 132 valence electrons. The van der Waals surface area contributed by atoms with Crippen LogP contribution >= 0.6 is 0 Å². The van der Waals surface area contributed by atoms with Crippen LogP contribution in [0.2, 0.25) is 0 Å². The van der Waals surface area contributed by atoms with Gasteiger partial charge in [0, 0.05) is 25.6 Å². The Morgan fingerprint density at radius 3 is 2.68 bits per heavy atom. The summed E-state index contributed by atoms with van der Waals surface area (Å²) in [6.45, 7) is 4.85. The number of amides is 1. The molecule has 0 aliphatic carbocycles. The zero-order valence-electron chi connectivity index (χ0n) is 15.1. The van der Waals surface area contributed by atoms with Crippen LogP contribution in [-0.4, -0.2) is 23.9 Å². The number of nitrogens with one attached hydrogen (secondary N) is 1. The van der Waals surface area contributed by atoms with Gasteiger partial charge in [0.1, 0.15) is 0 Å². The van der Waals surface area contributed by atoms with E-state index in [-0.39, 0.29) is 11.9 Å². The van der Waals surface area contributed by atoms with Gasteiger partial charge in [-0.15, -0.1) is 0 Å². The van der Waals surface area contributed by atoms with Crippen molar-refractivity contribution in [2.75, 3.05) is 13.1 Å². The molecule has 1 amide bonds. The Labute approximate surface area is 151 Å². The van der Waals surface area contributed by atoms with E-state index in [9.17, 15) is 4.79 Å². The van der Waals surface area contributed by atoms with Gasteiger partial charge in [0.25, 0.3) is 0 Å². The molecule has 1 aliphatic heterocycles. The fourth-order valence-electron chi connectivity index (χ4n) is 3.62. The molecule has 1 N–H and O–H groups in total. The maximum atomic E-state index is 12.4. The molecule has 25 heavy (non-hydrogen) atoms. The molecule has 1 fully saturated rings. The first-order chi connectivity index (χ1) is 12.2. The van der Waals surface area contributed by atoms with Gasteiger partial charge in [0.05, 0.1) is 0 Å². The van der Waals surface area contributed by atoms with Gasteiger partial charge in [-0.05, 0) is 37.4 Å². The highest BCUT2D eigenvalue weighted by Gasteiger charge is 2.24. The van der Waals surface area contributed by atoms with Crippen molar-refractivity contribution < 1.29 is 4.79 Å². The summed E-state index contributed by atoms with van der Waals surface area (Å²) in [6.07, 6.45) is 3.92. The van der Waals surface area contributed by atoms with Crippen molar-refractivity contribution in [3.05, 3.63) is 71.3 Å². The van der Waals surface area contributed by atoms with Crippen molar-refractivity contribution in [3.8, 4) is 0 Å². The average molecular weight is 336 g/mol. The summed E-state index contributed by atoms with van der Waals surface area (Å²) in [5.41, 5.74) is 3.83. The Kier molecular flexibility index (Phi) is 6.24. The van der Waals surface area contributed by atoms with E-state index in [4.69, 9.17) is 0 Å². The van der Waals surface area contributed by atoms with Crippen LogP contribution in [0.5, 0.6) is 0 Å². The molecule has 1 aliphatic rings. The van der Waals surface area contributed by atoms with E-state index in [1.807, 2.05) is 6.07 Å². The van der Waals surface area contributed by atoms with Crippen LogP contribution in [-0.2, 0) is 11.3 Å². The zero-order valence-corrected chi connectivity index (χ0v) is 15.1. The van der Waals surface area contributed by atoms with E-state index >= 15 is 0 Å². The second-order valence-electron chi connectivity index (χ2n) is 7.00. The molecule has 3 nitrogen and oxygen atoms in total. The Morgan fingerprint density at radius 2 is 1.88 bits per heavy atom. The normalized spacial score (nSPS) is 20.0. The second kappa shape index (κ2) is 8.82. The molecule has 1 unspecified atom stereocenters. The molecule has 2 aromatic rings. The minimum absolute atomic E-state index is 0.125. The second-order valence-corrected chi connectivity index (χ2v) is 7.00. The van der Waals surface area contributed by atoms with Crippen LogP contribution in [0.25, 0.3) is 0 Å². The first-order valence-corrected chi connectivity index (χ1v) is 9.33. The van der Waals surface area contributed by atoms with Crippen molar-refractivity contribution >= 4 is 5.91 Å². The lowest BCUT2D eigenvalue weighted by molar-refractivity contribution is -0.122. The third kappa shape index (κ3) is 5.17. The summed E-state index contributed by atoms with van der Waals surface area (Å²) in [7, 11) is 0. The first kappa shape index (κ1) is 17.7. The topological polar surface area (TPSA) is 32.3 Å². The molecule has 0 aromatic heterocycles. The summed E-state index contributed by atoms with van der Waals surface area (Å²) >= 11 is 0. The molecule has 3 rings (SSSR count). The molecular formula is C22H28N2O. The third-order valence-corrected chi connectivity index (χ3v) is 4.92. The number of hydrogen-bond donors (Lipinski definition) is 1. The quantitative estimate of drug-likeness (QED) is 0.910. The molecular weight excluding hydrogens is 308 g/mol. The van der Waals surface area contributed by atoms with E-state index in [0.29, 0.717) is 6.42 Å². The van der Waals surface area contributed by atoms with Crippen molar-refractivity contribution in [2.45, 2.75) is 45.2 Å². The lowest BCUT2D eigenvalue weighted by Gasteiger charge is -2.33. The molecule has 2 aromatic carbocycles. The average Bonchev–Trinajstić information content (AvgIpc) is 2.62. The molecule has 3 heteroatoms. The van der Waals surface area contributed by atoms with Gasteiger partial charge in [-0.1, -0.05) is 66.6 Å². The van der Waals surface area contributed by atoms with Crippen molar-refractivity contribution in [3.63, 3.8) is 0 Å². The van der Waals surface area contributed by atoms with Crippen molar-refractivity contribution in [1.29, 1.82) is 0 Å². The number of rotatable bonds is 3. The maximum Gasteiger partial charge on any atom is 0.221 e. The standard InChI is InChI=1S/C22H28N2O/c1-18-9-8-10-19(15-18)17-24-14-7-3-6-13-23-22(25)16-21(24)20-11-4-2-5-12-20/h2,4-5,8-12,15,21H,3,6-7,13-14,16-17H2,1H3,(H,23,25). The van der Waals surface area contributed by atoms with Gasteiger partial charge in [0.2, 0.25) is 5.91 Å². The predicted octanol–water partition coefficient (Wildman–Crippen LogP) is 4.23. The Balaban J connectivity index is 1.87. The van der Waals surface area contributed by atoms with E-state index in [2.05, 4.69) is 65.7 Å². The van der Waals surface area contributed by atoms with Gasteiger partial charge >= 0.3 is 0 Å². The van der Waals surface area contributed by atoms with E-state index in [1.54, 1.807) is 0 Å². The van der Waals surface area contributed by atoms with Crippen LogP contribution in [0.1, 0.15) is 48.4 Å². The molecule has 1 saturated heterocycles. The smallest absolute Gasteiger partial charge is 0.221 e. The van der Waals surface area contributed by atoms with Crippen LogP contribution in [0.15, 0.2) is 54.6 Å². The van der Waals surface area contributed by atoms with Gasteiger partial charge in [-0.3, -0.25) is 9.69 Å². The highest BCUT2D eigenvalue weighted by atomic mass is 16.1. The van der Waals surface area contributed by atoms with Gasteiger partial charge in [0.15, 0.2) is 0 Å². The van der Waals surface area contributed by atoms with E-state index < -0.39 is 0 Å². The molecule has 0 bridgehead atoms. The molecule has 0 spiro atoms. The largest absolute Gasteiger partial charge is 0.356 e. The minimum Gasteiger partial charge on any atom is -0.356 e. The molecule has 1 atom stereocenters. The Morgan fingerprint density at radius 1 is 1.04 bits per heavy atom. The molecule has 1 heterocycles. The zero-order chi connectivity index (χ0) is 17.5. The Bertz CT molecular complexity index is 683. The number of hydrogen-bond acceptors (Lipinski definition) is 2. The maximum absolute atomic E-state index is 12.4. The van der Waals surface area contributed by atoms with Crippen LogP contribution in [0.4, 0.5) is 0 Å². The summed E-state index contributed by atoms with van der Waals surface area (Å²) in [5.74, 6) is 0.157. The predicted molar refractivity (Wildman–Crippen MR) is 102 cm³/mol. The summed E-state index contributed by atoms with van der Waals surface area (Å²) < 4.78 is 0. The first-order valence-electron chi connectivity index (χ1n) is 9.33. The molecule has 0 saturated carbocycles. The lowest BCUT2D eigenvalue weighted by Crippen LogP contribution is -2.36. The third-order valence-electron chi connectivity index (χ3n) is 4.92. The highest BCUT2D eigenvalue weighted by Crippen LogP contribution is 2.27. The fraction of sp³-hybridized carbons (Fsp3) is 0.409. The van der Waals surface area contributed by atoms with Gasteiger partial charge < -0.3 is 5.32 Å². The van der Waals surface area contributed by atoms with Crippen LogP contribution < -0.4 is 5.32 Å². The number of carbonyl (C=O) groups excluding carboxylic acids is 1. The van der Waals surface area contributed by atoms with Gasteiger partial charge in [-0.2, -0.15) is 0 Å². The summed E-state index contributed by atoms with van der Waals surface area (Å²) in [5, 5.41) is 3.08. The summed E-state index contributed by atoms with van der Waals surface area (Å²) in [6, 6.07) is 19.3. The number of aryl methyl sites for hydroxylation is 1. The summed E-state index contributed by atoms with van der Waals surface area (Å²) in [4.78, 5) is 14.9. The van der Waals surface area contributed by atoms with Crippen LogP contribution in [0, 0.1) is 6.92 Å².